The molecule has 0 radical (unpaired) electrons. The molecule has 0 saturated carbocycles. The van der Waals surface area contributed by atoms with Crippen LogP contribution < -0.4 is 0 Å². The van der Waals surface area contributed by atoms with E-state index < -0.39 is 0 Å². The topological polar surface area (TPSA) is 25.8 Å². The predicted octanol–water partition coefficient (Wildman–Crippen LogP) is 29.9. The van der Waals surface area contributed by atoms with Crippen LogP contribution in [0.2, 0.25) is 0 Å². The van der Waals surface area contributed by atoms with Gasteiger partial charge in [-0.3, -0.25) is 9.97 Å². The first kappa shape index (κ1) is 74.3. The Balaban J connectivity index is 0.0000000935. The molecule has 10 aliphatic carbocycles. The van der Waals surface area contributed by atoms with E-state index in [1.165, 1.54) is 143 Å². The third-order valence-corrected chi connectivity index (χ3v) is 22.2. The number of benzene rings is 14. The average molecular weight is 1490 g/mol. The molecule has 0 spiro atoms. The zero-order valence-electron chi connectivity index (χ0n) is 64.9. The summed E-state index contributed by atoms with van der Waals surface area (Å²) >= 11 is 0. The van der Waals surface area contributed by atoms with Gasteiger partial charge in [-0.15, -0.1) is 0 Å². The normalized spacial score (nSPS) is 14.0. The first-order chi connectivity index (χ1) is 57.6. The molecule has 2 heteroatoms. The lowest BCUT2D eigenvalue weighted by Gasteiger charge is -2.27. The van der Waals surface area contributed by atoms with E-state index in [9.17, 15) is 0 Å². The number of hydrogen-bond donors (Lipinski definition) is 0. The molecule has 0 saturated heterocycles. The fraction of sp³-hybridized carbons (Fsp3) is 0.0526. The van der Waals surface area contributed by atoms with Crippen molar-refractivity contribution < 1.29 is 0 Å². The van der Waals surface area contributed by atoms with Crippen molar-refractivity contribution in [2.45, 2.75) is 31.6 Å². The third-order valence-electron chi connectivity index (χ3n) is 22.2. The summed E-state index contributed by atoms with van der Waals surface area (Å²) in [7, 11) is 0. The monoisotopic (exact) mass is 1480 g/mol. The van der Waals surface area contributed by atoms with Crippen LogP contribution in [0.15, 0.2) is 431 Å². The molecule has 0 N–H and O–H groups in total. The minimum absolute atomic E-state index is 0.557. The van der Waals surface area contributed by atoms with Crippen LogP contribution in [0.1, 0.15) is 72.7 Å². The molecule has 14 aromatic carbocycles. The number of allylic oxidation sites excluding steroid dienone is 9. The van der Waals surface area contributed by atoms with Crippen LogP contribution in [-0.4, -0.2) is 9.97 Å². The molecule has 2 aromatic heterocycles. The van der Waals surface area contributed by atoms with E-state index in [4.69, 9.17) is 0 Å². The molecular formula is C114H88N2. The Hall–Kier alpha value is -14.4. The van der Waals surface area contributed by atoms with Crippen molar-refractivity contribution in [3.05, 3.63) is 498 Å². The van der Waals surface area contributed by atoms with Gasteiger partial charge in [-0.1, -0.05) is 449 Å². The maximum atomic E-state index is 4.35. The number of hydrogen-bond acceptors (Lipinski definition) is 2. The number of aromatic nitrogens is 2. The zero-order valence-corrected chi connectivity index (χ0v) is 64.9. The van der Waals surface area contributed by atoms with Crippen molar-refractivity contribution in [3.63, 3.8) is 0 Å². The van der Waals surface area contributed by atoms with Gasteiger partial charge in [0.25, 0.3) is 0 Å². The van der Waals surface area contributed by atoms with Crippen molar-refractivity contribution in [2.24, 2.45) is 5.92 Å². The Morgan fingerprint density at radius 3 is 1.17 bits per heavy atom. The summed E-state index contributed by atoms with van der Waals surface area (Å²) in [5, 5.41) is 13.2. The van der Waals surface area contributed by atoms with Gasteiger partial charge in [0, 0.05) is 35.0 Å². The van der Waals surface area contributed by atoms with E-state index >= 15 is 0 Å². The fourth-order valence-electron chi connectivity index (χ4n) is 16.6. The maximum absolute atomic E-state index is 4.35. The highest BCUT2D eigenvalue weighted by Crippen LogP contribution is 2.47. The van der Waals surface area contributed by atoms with Gasteiger partial charge in [-0.05, 0) is 181 Å². The molecule has 116 heavy (non-hydrogen) atoms. The molecule has 2 heterocycles. The molecule has 10 aliphatic rings. The van der Waals surface area contributed by atoms with Gasteiger partial charge < -0.3 is 0 Å². The van der Waals surface area contributed by atoms with Crippen LogP contribution in [0, 0.1) is 5.92 Å². The van der Waals surface area contributed by atoms with Crippen LogP contribution in [0.4, 0.5) is 0 Å². The Morgan fingerprint density at radius 1 is 0.216 bits per heavy atom. The van der Waals surface area contributed by atoms with Gasteiger partial charge in [0.2, 0.25) is 0 Å². The lowest BCUT2D eigenvalue weighted by molar-refractivity contribution is 0.692. The first-order valence-corrected chi connectivity index (χ1v) is 40.4. The fourth-order valence-corrected chi connectivity index (χ4v) is 16.6. The second-order valence-electron chi connectivity index (χ2n) is 29.5. The van der Waals surface area contributed by atoms with Gasteiger partial charge in [-0.2, -0.15) is 0 Å². The molecule has 16 aromatic rings. The second kappa shape index (κ2) is 36.4. The van der Waals surface area contributed by atoms with Gasteiger partial charge in [0.15, 0.2) is 0 Å². The predicted molar refractivity (Wildman–Crippen MR) is 500 cm³/mol. The summed E-state index contributed by atoms with van der Waals surface area (Å²) in [5.41, 5.74) is 27.1. The van der Waals surface area contributed by atoms with E-state index in [-0.39, 0.29) is 0 Å². The number of pyridine rings is 2. The Labute approximate surface area is 681 Å². The molecule has 554 valence electrons. The van der Waals surface area contributed by atoms with E-state index in [1.54, 1.807) is 12.4 Å². The lowest BCUT2D eigenvalue weighted by Crippen LogP contribution is -2.12. The molecule has 2 atom stereocenters. The van der Waals surface area contributed by atoms with Crippen LogP contribution >= 0.6 is 0 Å². The zero-order chi connectivity index (χ0) is 77.9. The molecule has 2 unspecified atom stereocenters. The summed E-state index contributed by atoms with van der Waals surface area (Å²) in [6.45, 7) is 0. The summed E-state index contributed by atoms with van der Waals surface area (Å²) in [6, 6.07) is 127. The summed E-state index contributed by atoms with van der Waals surface area (Å²) < 4.78 is 0. The molecule has 0 fully saturated rings. The van der Waals surface area contributed by atoms with Crippen LogP contribution in [0.5, 0.6) is 0 Å². The molecular weight excluding hydrogens is 1400 g/mol. The van der Waals surface area contributed by atoms with Crippen LogP contribution in [-0.2, 0) is 25.7 Å². The van der Waals surface area contributed by atoms with Gasteiger partial charge >= 0.3 is 0 Å². The highest BCUT2D eigenvalue weighted by Gasteiger charge is 2.24. The number of rotatable bonds is 0. The van der Waals surface area contributed by atoms with Crippen molar-refractivity contribution in [1.82, 2.24) is 9.97 Å². The minimum atomic E-state index is 0.557. The van der Waals surface area contributed by atoms with Gasteiger partial charge in [-0.25, -0.2) is 0 Å². The van der Waals surface area contributed by atoms with E-state index in [0.717, 1.165) is 47.5 Å². The van der Waals surface area contributed by atoms with Gasteiger partial charge in [0.05, 0.1) is 11.0 Å². The summed E-state index contributed by atoms with van der Waals surface area (Å²) in [4.78, 5) is 8.69. The van der Waals surface area contributed by atoms with E-state index in [1.807, 2.05) is 48.5 Å². The van der Waals surface area contributed by atoms with Crippen molar-refractivity contribution in [1.29, 1.82) is 0 Å². The maximum Gasteiger partial charge on any atom is 0.0964 e. The second-order valence-corrected chi connectivity index (χ2v) is 29.5. The van der Waals surface area contributed by atoms with E-state index in [2.05, 4.69) is 423 Å². The van der Waals surface area contributed by atoms with Gasteiger partial charge in [0.1, 0.15) is 0 Å². The highest BCUT2D eigenvalue weighted by atomic mass is 14.7. The minimum Gasteiger partial charge on any atom is -0.254 e. The molecule has 0 aliphatic heterocycles. The largest absolute Gasteiger partial charge is 0.254 e. The van der Waals surface area contributed by atoms with Crippen molar-refractivity contribution >= 4 is 107 Å². The first-order valence-electron chi connectivity index (χ1n) is 40.4. The standard InChI is InChI=1S/C16H10.C14H12.2C13H10.C12H8N2.C12H8.C10H8.2C9H8.C6H6/c1-2-8-13-12(7-1)14-9-3-5-11-6-4-10-15(13)16(11)14;1-3-7-13-11(5-1)9-10-12-6-2-4-8-14(12)13;1-4-10-6-2-8-12-9-3-7-11(5-1)13(10)12;1-2-5-11-8-9-12-7-3-6-10(4-1)13(11)12;1-3-9-5-6-10-4-2-8-14-12(10)11(9)13-7-1;1-3-9-4-2-6-11-8-7-10(5-1)12(9)11;1-2-6-10-8-4-3-7-9(10)5-1;2*1-2-5-9-7-3-6-8(9)4-1;1-2-4-6-5-3-1/h1-10H;1-11,13H;1-8H,9H2;1-6,8-9H,7H2;1-8H;1-8H;1-8H;2*1-6H,7H2;1-6H. The average Bonchev–Trinajstić information content (AvgIpc) is 1.60. The van der Waals surface area contributed by atoms with E-state index in [0.29, 0.717) is 11.8 Å². The lowest BCUT2D eigenvalue weighted by atomic mass is 9.77. The Bertz CT molecular complexity index is 6430. The molecule has 0 bridgehead atoms. The quantitative estimate of drug-likeness (QED) is 0.141. The Kier molecular flexibility index (Phi) is 23.3. The van der Waals surface area contributed by atoms with Crippen molar-refractivity contribution in [3.8, 4) is 33.4 Å². The molecule has 0 amide bonds. The number of fused-ring (bicyclic) bond motifs is 12. The summed E-state index contributed by atoms with van der Waals surface area (Å²) in [6.07, 6.45) is 43.4. The van der Waals surface area contributed by atoms with Crippen LogP contribution in [0.25, 0.3) is 141 Å². The molecule has 2 nitrogen and oxygen atoms in total. The van der Waals surface area contributed by atoms with Crippen molar-refractivity contribution in [2.75, 3.05) is 0 Å². The smallest absolute Gasteiger partial charge is 0.0964 e. The third kappa shape index (κ3) is 17.1. The Morgan fingerprint density at radius 2 is 0.603 bits per heavy atom. The highest BCUT2D eigenvalue weighted by molar-refractivity contribution is 6.15. The van der Waals surface area contributed by atoms with Crippen LogP contribution in [0.3, 0.4) is 0 Å². The molecule has 26 rings (SSSR count). The summed E-state index contributed by atoms with van der Waals surface area (Å²) in [5.74, 6) is 1.12. The SMILES string of the molecule is C1=CC2C=Cc3ccccc3C2C=C1.C1=Cc2cccc3cccc(c23)C1.C1=Cc2cccc3cccc1c23.C1=Cc2ccccc2C1.C1=Cc2ccccc2C1.C1=Cc2ccccc3ccc(c2-3)C1.c1ccc2c(c1)-c1cccc3cccc-2c13.c1ccc2ccccc2c1.c1ccccc1.c1cnc2c(c1)ccc1cccnc12. The number of nitrogens with zero attached hydrogens (tertiary/aromatic N) is 2.